The Morgan fingerprint density at radius 3 is 2.80 bits per heavy atom. The van der Waals surface area contributed by atoms with Crippen LogP contribution >= 0.6 is 11.6 Å². The van der Waals surface area contributed by atoms with Gasteiger partial charge in [0.2, 0.25) is 11.8 Å². The van der Waals surface area contributed by atoms with Crippen LogP contribution < -0.4 is 0 Å². The van der Waals surface area contributed by atoms with E-state index in [-0.39, 0.29) is 31.4 Å². The molecule has 134 valence electrons. The van der Waals surface area contributed by atoms with Gasteiger partial charge in [0.05, 0.1) is 6.61 Å². The molecule has 0 bridgehead atoms. The fourth-order valence-electron chi connectivity index (χ4n) is 2.50. The minimum absolute atomic E-state index is 0.0763. The molecular weight excluding hydrogens is 344 g/mol. The molecule has 0 saturated carbocycles. The molecule has 0 aromatic heterocycles. The Hall–Kier alpha value is -2.34. The zero-order chi connectivity index (χ0) is 18.2. The number of nitrogens with zero attached hydrogens (tertiary/aromatic N) is 2. The standard InChI is InChI=1S/C18H21ClN2O4/c1-2-25-18(24)13-21-11-10-20(9-8-17(21)23)16(22)7-6-14-4-3-5-15(19)12-14/h3-7,12H,2,8-11,13H2,1H3/b7-6+. The number of hydrogen-bond acceptors (Lipinski definition) is 4. The lowest BCUT2D eigenvalue weighted by molar-refractivity contribution is -0.148. The number of ether oxygens (including phenoxy) is 1. The number of rotatable bonds is 5. The Bertz CT molecular complexity index is 675. The van der Waals surface area contributed by atoms with E-state index < -0.39 is 5.97 Å². The molecule has 2 amide bonds. The average molecular weight is 365 g/mol. The van der Waals surface area contributed by atoms with Crippen LogP contribution in [0.25, 0.3) is 6.08 Å². The van der Waals surface area contributed by atoms with Crippen molar-refractivity contribution in [1.82, 2.24) is 9.80 Å². The fourth-order valence-corrected chi connectivity index (χ4v) is 2.70. The molecule has 1 aliphatic rings. The minimum Gasteiger partial charge on any atom is -0.465 e. The van der Waals surface area contributed by atoms with Crippen LogP contribution in [0.2, 0.25) is 5.02 Å². The number of halogens is 1. The lowest BCUT2D eigenvalue weighted by Gasteiger charge is -2.20. The van der Waals surface area contributed by atoms with Gasteiger partial charge in [0.1, 0.15) is 6.54 Å². The molecule has 1 aliphatic heterocycles. The summed E-state index contributed by atoms with van der Waals surface area (Å²) >= 11 is 5.92. The van der Waals surface area contributed by atoms with Crippen LogP contribution in [0.4, 0.5) is 0 Å². The summed E-state index contributed by atoms with van der Waals surface area (Å²) < 4.78 is 4.87. The molecular formula is C18H21ClN2O4. The van der Waals surface area contributed by atoms with Crippen molar-refractivity contribution in [2.24, 2.45) is 0 Å². The number of esters is 1. The van der Waals surface area contributed by atoms with Crippen molar-refractivity contribution in [2.45, 2.75) is 13.3 Å². The van der Waals surface area contributed by atoms with E-state index in [9.17, 15) is 14.4 Å². The van der Waals surface area contributed by atoms with E-state index in [4.69, 9.17) is 16.3 Å². The third-order valence-corrected chi connectivity index (χ3v) is 4.03. The van der Waals surface area contributed by atoms with Gasteiger partial charge in [-0.1, -0.05) is 23.7 Å². The van der Waals surface area contributed by atoms with Gasteiger partial charge in [0.15, 0.2) is 0 Å². The largest absolute Gasteiger partial charge is 0.465 e. The van der Waals surface area contributed by atoms with Crippen molar-refractivity contribution >= 4 is 35.5 Å². The Labute approximate surface area is 152 Å². The van der Waals surface area contributed by atoms with Crippen LogP contribution in [-0.2, 0) is 19.1 Å². The molecule has 0 radical (unpaired) electrons. The monoisotopic (exact) mass is 364 g/mol. The van der Waals surface area contributed by atoms with Crippen molar-refractivity contribution in [3.05, 3.63) is 40.9 Å². The molecule has 6 nitrogen and oxygen atoms in total. The molecule has 0 atom stereocenters. The zero-order valence-corrected chi connectivity index (χ0v) is 14.9. The van der Waals surface area contributed by atoms with Gasteiger partial charge in [-0.15, -0.1) is 0 Å². The molecule has 2 rings (SSSR count). The minimum atomic E-state index is -0.434. The summed E-state index contributed by atoms with van der Waals surface area (Å²) in [5.41, 5.74) is 0.829. The van der Waals surface area contributed by atoms with Crippen molar-refractivity contribution in [2.75, 3.05) is 32.8 Å². The van der Waals surface area contributed by atoms with Crippen molar-refractivity contribution in [3.8, 4) is 0 Å². The fraction of sp³-hybridized carbons (Fsp3) is 0.389. The van der Waals surface area contributed by atoms with Gasteiger partial charge in [-0.25, -0.2) is 0 Å². The molecule has 7 heteroatoms. The van der Waals surface area contributed by atoms with Crippen molar-refractivity contribution in [3.63, 3.8) is 0 Å². The highest BCUT2D eigenvalue weighted by molar-refractivity contribution is 6.30. The van der Waals surface area contributed by atoms with E-state index in [0.29, 0.717) is 24.7 Å². The highest BCUT2D eigenvalue weighted by Gasteiger charge is 2.24. The highest BCUT2D eigenvalue weighted by Crippen LogP contribution is 2.12. The Morgan fingerprint density at radius 2 is 2.08 bits per heavy atom. The van der Waals surface area contributed by atoms with E-state index in [0.717, 1.165) is 5.56 Å². The second kappa shape index (κ2) is 9.22. The first-order valence-corrected chi connectivity index (χ1v) is 8.53. The van der Waals surface area contributed by atoms with E-state index in [2.05, 4.69) is 0 Å². The number of hydrogen-bond donors (Lipinski definition) is 0. The molecule has 1 aromatic carbocycles. The van der Waals surface area contributed by atoms with Gasteiger partial charge in [0, 0.05) is 37.2 Å². The lowest BCUT2D eigenvalue weighted by Crippen LogP contribution is -2.38. The van der Waals surface area contributed by atoms with Gasteiger partial charge in [-0.3, -0.25) is 14.4 Å². The summed E-state index contributed by atoms with van der Waals surface area (Å²) in [5.74, 6) is -0.760. The quantitative estimate of drug-likeness (QED) is 0.592. The van der Waals surface area contributed by atoms with Crippen LogP contribution in [0.1, 0.15) is 18.9 Å². The third-order valence-electron chi connectivity index (χ3n) is 3.79. The first kappa shape index (κ1) is 19.0. The molecule has 1 fully saturated rings. The van der Waals surface area contributed by atoms with Gasteiger partial charge in [-0.05, 0) is 30.7 Å². The number of amides is 2. The lowest BCUT2D eigenvalue weighted by atomic mass is 10.2. The molecule has 25 heavy (non-hydrogen) atoms. The second-order valence-corrected chi connectivity index (χ2v) is 6.02. The SMILES string of the molecule is CCOC(=O)CN1CCN(C(=O)/C=C/c2cccc(Cl)c2)CCC1=O. The predicted octanol–water partition coefficient (Wildman–Crippen LogP) is 1.98. The summed E-state index contributed by atoms with van der Waals surface area (Å²) in [7, 11) is 0. The Balaban J connectivity index is 1.93. The molecule has 1 aromatic rings. The number of carbonyl (C=O) groups excluding carboxylic acids is 3. The van der Waals surface area contributed by atoms with Crippen molar-refractivity contribution < 1.29 is 19.1 Å². The molecule has 0 aliphatic carbocycles. The average Bonchev–Trinajstić information content (AvgIpc) is 2.75. The Morgan fingerprint density at radius 1 is 1.28 bits per heavy atom. The summed E-state index contributed by atoms with van der Waals surface area (Å²) in [6, 6.07) is 7.19. The molecule has 1 saturated heterocycles. The molecule has 1 heterocycles. The Kier molecular flexibility index (Phi) is 7.01. The number of carbonyl (C=O) groups is 3. The summed E-state index contributed by atoms with van der Waals surface area (Å²) in [4.78, 5) is 39.0. The molecule has 0 spiro atoms. The van der Waals surface area contributed by atoms with Crippen molar-refractivity contribution in [1.29, 1.82) is 0 Å². The molecule has 0 unspecified atom stereocenters. The summed E-state index contributed by atoms with van der Waals surface area (Å²) in [6.07, 6.45) is 3.35. The van der Waals surface area contributed by atoms with Crippen LogP contribution in [-0.4, -0.2) is 60.4 Å². The zero-order valence-electron chi connectivity index (χ0n) is 14.1. The third kappa shape index (κ3) is 5.90. The van der Waals surface area contributed by atoms with Gasteiger partial charge < -0.3 is 14.5 Å². The van der Waals surface area contributed by atoms with E-state index >= 15 is 0 Å². The van der Waals surface area contributed by atoms with Crippen LogP contribution in [0, 0.1) is 0 Å². The molecule has 0 N–H and O–H groups in total. The van der Waals surface area contributed by atoms with E-state index in [1.807, 2.05) is 12.1 Å². The first-order chi connectivity index (χ1) is 12.0. The highest BCUT2D eigenvalue weighted by atomic mass is 35.5. The first-order valence-electron chi connectivity index (χ1n) is 8.15. The predicted molar refractivity (Wildman–Crippen MR) is 94.9 cm³/mol. The van der Waals surface area contributed by atoms with Crippen LogP contribution in [0.15, 0.2) is 30.3 Å². The second-order valence-electron chi connectivity index (χ2n) is 5.58. The maximum atomic E-state index is 12.3. The van der Waals surface area contributed by atoms with Crippen LogP contribution in [0.3, 0.4) is 0 Å². The topological polar surface area (TPSA) is 66.9 Å². The smallest absolute Gasteiger partial charge is 0.325 e. The van der Waals surface area contributed by atoms with Gasteiger partial charge in [-0.2, -0.15) is 0 Å². The van der Waals surface area contributed by atoms with E-state index in [1.165, 1.54) is 11.0 Å². The van der Waals surface area contributed by atoms with Gasteiger partial charge in [0.25, 0.3) is 0 Å². The van der Waals surface area contributed by atoms with Gasteiger partial charge >= 0.3 is 5.97 Å². The normalized spacial score (nSPS) is 15.4. The number of benzene rings is 1. The van der Waals surface area contributed by atoms with Crippen LogP contribution in [0.5, 0.6) is 0 Å². The van der Waals surface area contributed by atoms with E-state index in [1.54, 1.807) is 30.0 Å². The summed E-state index contributed by atoms with van der Waals surface area (Å²) in [6.45, 7) is 2.94. The maximum absolute atomic E-state index is 12.3. The summed E-state index contributed by atoms with van der Waals surface area (Å²) in [5, 5.41) is 0.601. The maximum Gasteiger partial charge on any atom is 0.325 e.